The Morgan fingerprint density at radius 1 is 0.521 bits per heavy atom. The molecule has 19 heteroatoms. The Bertz CT molecular complexity index is 2660. The highest BCUT2D eigenvalue weighted by Crippen LogP contribution is 2.37. The lowest BCUT2D eigenvalue weighted by atomic mass is 9.99. The number of esters is 2. The van der Waals surface area contributed by atoms with Crippen LogP contribution in [0.2, 0.25) is 0 Å². The summed E-state index contributed by atoms with van der Waals surface area (Å²) >= 11 is 0. The molecule has 5 rings (SSSR count). The van der Waals surface area contributed by atoms with Crippen LogP contribution in [0.3, 0.4) is 0 Å². The van der Waals surface area contributed by atoms with Crippen LogP contribution in [0.25, 0.3) is 10.8 Å². The van der Waals surface area contributed by atoms with Crippen molar-refractivity contribution in [3.63, 3.8) is 0 Å². The summed E-state index contributed by atoms with van der Waals surface area (Å²) in [5, 5.41) is 15.7. The summed E-state index contributed by atoms with van der Waals surface area (Å²) in [6.07, 6.45) is -0.568. The van der Waals surface area contributed by atoms with E-state index in [9.17, 15) is 47.9 Å². The Morgan fingerprint density at radius 2 is 0.972 bits per heavy atom. The normalized spacial score (nSPS) is 13.3. The standard InChI is InChI=1S/C52H60N5O13P/c1-33(2)27-42(48(60)56-45(31-36-20-23-40(24-21-36)70-71(65,66)67)50(62)54-41(52(64)69-4)25-26-47(59)68-3)55-51(63)44(30-35-15-9-6-10-16-35)57-49(61)43(29-34-13-7-5-8-14-34)53-46(58)32-37-19-22-38-17-11-12-18-39(38)28-37/h5-24,28,33,41-45H,25-27,29-32H2,1-4H3,(H,53,58)(H,54,62)(H,55,63)(H,56,60)(H,57,61)(H2,65,66,67)/t41-,42-,43-,44-,45-/m1/s1. The average Bonchev–Trinajstić information content (AvgIpc) is 3.34. The number of fused-ring (bicyclic) bond motifs is 1. The molecule has 0 spiro atoms. The van der Waals surface area contributed by atoms with E-state index in [2.05, 4.69) is 35.8 Å². The van der Waals surface area contributed by atoms with E-state index in [0.29, 0.717) is 11.1 Å². The van der Waals surface area contributed by atoms with Crippen molar-refractivity contribution in [1.29, 1.82) is 0 Å². The van der Waals surface area contributed by atoms with Crippen LogP contribution in [0.1, 0.15) is 55.4 Å². The molecule has 7 N–H and O–H groups in total. The molecule has 5 atom stereocenters. The SMILES string of the molecule is COC(=O)CC[C@@H](NC(=O)[C@@H](Cc1ccc(OP(=O)(O)O)cc1)NC(=O)[C@@H](CC(C)C)NC(=O)[C@@H](Cc1ccccc1)NC(=O)[C@@H](Cc1ccccc1)NC(=O)Cc1ccc2ccccc2c1)C(=O)OC. The van der Waals surface area contributed by atoms with Crippen molar-refractivity contribution >= 4 is 60.1 Å². The number of carbonyl (C=O) groups excluding carboxylic acids is 7. The van der Waals surface area contributed by atoms with Crippen LogP contribution in [0.15, 0.2) is 127 Å². The fraction of sp³-hybridized carbons (Fsp3) is 0.327. The number of ether oxygens (including phenoxy) is 2. The zero-order chi connectivity index (χ0) is 51.5. The Morgan fingerprint density at radius 3 is 1.48 bits per heavy atom. The second kappa shape index (κ2) is 26.5. The van der Waals surface area contributed by atoms with Gasteiger partial charge in [0.25, 0.3) is 0 Å². The first-order valence-electron chi connectivity index (χ1n) is 22.9. The van der Waals surface area contributed by atoms with E-state index < -0.39 is 79.5 Å². The molecule has 0 saturated heterocycles. The topological polar surface area (TPSA) is 265 Å². The number of methoxy groups -OCH3 is 2. The molecule has 0 aromatic heterocycles. The number of phosphoric acid groups is 1. The van der Waals surface area contributed by atoms with Crippen molar-refractivity contribution < 1.29 is 61.9 Å². The average molecular weight is 994 g/mol. The number of hydrogen-bond donors (Lipinski definition) is 7. The highest BCUT2D eigenvalue weighted by Gasteiger charge is 2.34. The summed E-state index contributed by atoms with van der Waals surface area (Å²) in [6, 6.07) is 30.3. The fourth-order valence-electron chi connectivity index (χ4n) is 7.71. The second-order valence-corrected chi connectivity index (χ2v) is 18.5. The summed E-state index contributed by atoms with van der Waals surface area (Å²) < 4.78 is 25.6. The lowest BCUT2D eigenvalue weighted by molar-refractivity contribution is -0.146. The number of rotatable bonds is 25. The maximum Gasteiger partial charge on any atom is 0.524 e. The highest BCUT2D eigenvalue weighted by molar-refractivity contribution is 7.46. The molecular formula is C52H60N5O13P. The van der Waals surface area contributed by atoms with E-state index in [1.54, 1.807) is 30.3 Å². The summed E-state index contributed by atoms with van der Waals surface area (Å²) in [6.45, 7) is 3.64. The van der Waals surface area contributed by atoms with Gasteiger partial charge in [0.1, 0.15) is 36.0 Å². The first-order valence-corrected chi connectivity index (χ1v) is 24.5. The molecule has 5 aromatic rings. The number of carbonyl (C=O) groups is 7. The van der Waals surface area contributed by atoms with Gasteiger partial charge in [-0.3, -0.25) is 38.6 Å². The Hall–Kier alpha value is -7.40. The smallest absolute Gasteiger partial charge is 0.469 e. The van der Waals surface area contributed by atoms with Gasteiger partial charge in [-0.1, -0.05) is 129 Å². The van der Waals surface area contributed by atoms with Crippen molar-refractivity contribution in [1.82, 2.24) is 26.6 Å². The van der Waals surface area contributed by atoms with Gasteiger partial charge < -0.3 is 40.6 Å². The fourth-order valence-corrected chi connectivity index (χ4v) is 8.11. The van der Waals surface area contributed by atoms with Crippen LogP contribution in [0.5, 0.6) is 5.75 Å². The van der Waals surface area contributed by atoms with Crippen molar-refractivity contribution in [2.24, 2.45) is 5.92 Å². The molecule has 0 aliphatic carbocycles. The minimum atomic E-state index is -4.90. The van der Waals surface area contributed by atoms with Crippen molar-refractivity contribution in [2.75, 3.05) is 14.2 Å². The molecule has 18 nitrogen and oxygen atoms in total. The number of hydrogen-bond acceptors (Lipinski definition) is 11. The molecule has 71 heavy (non-hydrogen) atoms. The van der Waals surface area contributed by atoms with Gasteiger partial charge in [0.2, 0.25) is 29.5 Å². The lowest BCUT2D eigenvalue weighted by Crippen LogP contribution is -2.60. The van der Waals surface area contributed by atoms with Gasteiger partial charge in [-0.15, -0.1) is 0 Å². The van der Waals surface area contributed by atoms with Gasteiger partial charge in [-0.05, 0) is 63.9 Å². The molecule has 5 amide bonds. The molecule has 0 unspecified atom stereocenters. The van der Waals surface area contributed by atoms with Gasteiger partial charge in [0, 0.05) is 25.7 Å². The molecule has 0 aliphatic heterocycles. The van der Waals surface area contributed by atoms with E-state index >= 15 is 0 Å². The van der Waals surface area contributed by atoms with Crippen LogP contribution >= 0.6 is 7.82 Å². The van der Waals surface area contributed by atoms with Gasteiger partial charge in [-0.25, -0.2) is 9.36 Å². The largest absolute Gasteiger partial charge is 0.524 e. The third kappa shape index (κ3) is 18.1. The quantitative estimate of drug-likeness (QED) is 0.0320. The lowest BCUT2D eigenvalue weighted by Gasteiger charge is -2.28. The zero-order valence-electron chi connectivity index (χ0n) is 39.9. The Balaban J connectivity index is 1.40. The zero-order valence-corrected chi connectivity index (χ0v) is 40.8. The van der Waals surface area contributed by atoms with Crippen LogP contribution in [-0.4, -0.2) is 95.7 Å². The second-order valence-electron chi connectivity index (χ2n) is 17.3. The van der Waals surface area contributed by atoms with Crippen LogP contribution in [0, 0.1) is 5.92 Å². The maximum atomic E-state index is 14.5. The molecule has 0 aliphatic rings. The summed E-state index contributed by atoms with van der Waals surface area (Å²) in [4.78, 5) is 114. The first-order chi connectivity index (χ1) is 33.9. The Labute approximate surface area is 411 Å². The third-order valence-electron chi connectivity index (χ3n) is 11.3. The molecule has 5 aromatic carbocycles. The summed E-state index contributed by atoms with van der Waals surface area (Å²) in [7, 11) is -2.63. The Kier molecular flexibility index (Phi) is 20.4. The van der Waals surface area contributed by atoms with E-state index in [-0.39, 0.29) is 56.6 Å². The van der Waals surface area contributed by atoms with Crippen LogP contribution < -0.4 is 31.1 Å². The number of amides is 5. The van der Waals surface area contributed by atoms with Gasteiger partial charge in [0.05, 0.1) is 20.6 Å². The van der Waals surface area contributed by atoms with E-state index in [4.69, 9.17) is 4.74 Å². The maximum absolute atomic E-state index is 14.5. The predicted octanol–water partition coefficient (Wildman–Crippen LogP) is 4.18. The molecule has 0 fully saturated rings. The third-order valence-corrected chi connectivity index (χ3v) is 11.7. The summed E-state index contributed by atoms with van der Waals surface area (Å²) in [5.41, 5.74) is 2.56. The number of nitrogens with one attached hydrogen (secondary N) is 5. The molecular weight excluding hydrogens is 934 g/mol. The predicted molar refractivity (Wildman–Crippen MR) is 263 cm³/mol. The highest BCUT2D eigenvalue weighted by atomic mass is 31.2. The molecule has 0 radical (unpaired) electrons. The van der Waals surface area contributed by atoms with Crippen LogP contribution in [-0.2, 0) is 73.3 Å². The number of benzene rings is 5. The number of phosphoric ester groups is 1. The molecule has 376 valence electrons. The van der Waals surface area contributed by atoms with Crippen molar-refractivity contribution in [2.45, 2.75) is 89.0 Å². The molecule has 0 saturated carbocycles. The molecule has 0 heterocycles. The minimum absolute atomic E-state index is 0.00915. The van der Waals surface area contributed by atoms with Gasteiger partial charge >= 0.3 is 19.8 Å². The van der Waals surface area contributed by atoms with Crippen LogP contribution in [0.4, 0.5) is 0 Å². The minimum Gasteiger partial charge on any atom is -0.469 e. The van der Waals surface area contributed by atoms with Gasteiger partial charge in [0.15, 0.2) is 0 Å². The van der Waals surface area contributed by atoms with E-state index in [0.717, 1.165) is 36.1 Å². The molecule has 0 bridgehead atoms. The summed E-state index contributed by atoms with van der Waals surface area (Å²) in [5.74, 6) is -5.38. The monoisotopic (exact) mass is 993 g/mol. The van der Waals surface area contributed by atoms with Crippen molar-refractivity contribution in [3.05, 3.63) is 150 Å². The van der Waals surface area contributed by atoms with Crippen molar-refractivity contribution in [3.8, 4) is 5.75 Å². The van der Waals surface area contributed by atoms with Gasteiger partial charge in [-0.2, -0.15) is 0 Å². The first kappa shape index (κ1) is 54.5. The van der Waals surface area contributed by atoms with E-state index in [1.807, 2.05) is 86.6 Å². The van der Waals surface area contributed by atoms with E-state index in [1.165, 1.54) is 24.3 Å².